The van der Waals surface area contributed by atoms with Crippen molar-refractivity contribution in [2.24, 2.45) is 0 Å². The normalized spacial score (nSPS) is 10.9. The van der Waals surface area contributed by atoms with Gasteiger partial charge in [-0.25, -0.2) is 4.98 Å². The van der Waals surface area contributed by atoms with Crippen molar-refractivity contribution in [2.75, 3.05) is 0 Å². The molecule has 0 unspecified atom stereocenters. The summed E-state index contributed by atoms with van der Waals surface area (Å²) in [5, 5.41) is 11.2. The first-order valence-corrected chi connectivity index (χ1v) is 7.06. The third-order valence-corrected chi connectivity index (χ3v) is 3.67. The number of pyridine rings is 1. The van der Waals surface area contributed by atoms with Crippen molar-refractivity contribution in [2.45, 2.75) is 27.4 Å². The van der Waals surface area contributed by atoms with Crippen LogP contribution in [0.3, 0.4) is 0 Å². The lowest BCUT2D eigenvalue weighted by Gasteiger charge is -2.11. The monoisotopic (exact) mass is 313 g/mol. The molecule has 7 nitrogen and oxygen atoms in total. The number of fused-ring (bicyclic) bond motifs is 1. The molecule has 0 spiro atoms. The fraction of sp³-hybridized carbons (Fsp3) is 0.250. The summed E-state index contributed by atoms with van der Waals surface area (Å²) in [6, 6.07) is 5.52. The van der Waals surface area contributed by atoms with Crippen LogP contribution in [0.25, 0.3) is 11.1 Å². The van der Waals surface area contributed by atoms with Crippen molar-refractivity contribution in [1.29, 1.82) is 0 Å². The van der Waals surface area contributed by atoms with E-state index in [9.17, 15) is 10.1 Å². The summed E-state index contributed by atoms with van der Waals surface area (Å²) < 4.78 is 11.2. The molecule has 0 amide bonds. The molecule has 0 bridgehead atoms. The van der Waals surface area contributed by atoms with Gasteiger partial charge in [0, 0.05) is 23.7 Å². The van der Waals surface area contributed by atoms with Gasteiger partial charge in [0.05, 0.1) is 4.92 Å². The first-order valence-electron chi connectivity index (χ1n) is 7.06. The molecular weight excluding hydrogens is 298 g/mol. The molecule has 0 aliphatic heterocycles. The molecule has 3 aromatic rings. The Bertz CT molecular complexity index is 902. The van der Waals surface area contributed by atoms with Crippen molar-refractivity contribution in [3.8, 4) is 5.75 Å². The van der Waals surface area contributed by atoms with Gasteiger partial charge in [0.15, 0.2) is 11.5 Å². The van der Waals surface area contributed by atoms with Gasteiger partial charge < -0.3 is 9.15 Å². The number of ether oxygens (including phenoxy) is 1. The van der Waals surface area contributed by atoms with E-state index < -0.39 is 4.92 Å². The average Bonchev–Trinajstić information content (AvgIpc) is 2.89. The molecule has 2 aromatic heterocycles. The Hall–Kier alpha value is -2.96. The quantitative estimate of drug-likeness (QED) is 0.539. The standard InChI is InChI=1S/C16H15N3O4/c1-9-10(2)17-7-13(19(20)21)16(9)22-8-12-5-4-6-14-15(12)18-11(3)23-14/h4-7H,8H2,1-3H3. The fourth-order valence-electron chi connectivity index (χ4n) is 2.36. The second kappa shape index (κ2) is 5.68. The van der Waals surface area contributed by atoms with Gasteiger partial charge in [-0.15, -0.1) is 0 Å². The van der Waals surface area contributed by atoms with Crippen LogP contribution in [-0.4, -0.2) is 14.9 Å². The third-order valence-electron chi connectivity index (χ3n) is 3.67. The van der Waals surface area contributed by atoms with Gasteiger partial charge in [-0.2, -0.15) is 0 Å². The molecule has 0 aliphatic carbocycles. The minimum atomic E-state index is -0.490. The van der Waals surface area contributed by atoms with Gasteiger partial charge in [0.1, 0.15) is 18.3 Å². The van der Waals surface area contributed by atoms with Gasteiger partial charge in [0.25, 0.3) is 0 Å². The lowest BCUT2D eigenvalue weighted by Crippen LogP contribution is -2.03. The highest BCUT2D eigenvalue weighted by Gasteiger charge is 2.20. The number of aromatic nitrogens is 2. The molecule has 0 saturated carbocycles. The van der Waals surface area contributed by atoms with E-state index >= 15 is 0 Å². The van der Waals surface area contributed by atoms with Crippen molar-refractivity contribution in [3.05, 3.63) is 57.2 Å². The van der Waals surface area contributed by atoms with E-state index in [0.29, 0.717) is 28.2 Å². The van der Waals surface area contributed by atoms with Crippen LogP contribution in [0.5, 0.6) is 5.75 Å². The number of aryl methyl sites for hydroxylation is 2. The summed E-state index contributed by atoms with van der Waals surface area (Å²) in [5.41, 5.74) is 3.39. The minimum absolute atomic E-state index is 0.142. The number of para-hydroxylation sites is 1. The Balaban J connectivity index is 1.97. The first kappa shape index (κ1) is 15.0. The van der Waals surface area contributed by atoms with Gasteiger partial charge in [-0.05, 0) is 19.9 Å². The highest BCUT2D eigenvalue weighted by atomic mass is 16.6. The second-order valence-corrected chi connectivity index (χ2v) is 5.23. The highest BCUT2D eigenvalue weighted by Crippen LogP contribution is 2.32. The molecule has 3 rings (SSSR count). The molecule has 118 valence electrons. The zero-order valence-corrected chi connectivity index (χ0v) is 13.0. The molecule has 23 heavy (non-hydrogen) atoms. The average molecular weight is 313 g/mol. The van der Waals surface area contributed by atoms with E-state index in [1.165, 1.54) is 6.20 Å². The van der Waals surface area contributed by atoms with Crippen molar-refractivity contribution >= 4 is 16.8 Å². The lowest BCUT2D eigenvalue weighted by molar-refractivity contribution is -0.386. The largest absolute Gasteiger partial charge is 0.482 e. The third kappa shape index (κ3) is 2.73. The van der Waals surface area contributed by atoms with Gasteiger partial charge in [-0.3, -0.25) is 15.1 Å². The zero-order chi connectivity index (χ0) is 16.6. The summed E-state index contributed by atoms with van der Waals surface area (Å²) in [6.07, 6.45) is 1.22. The van der Waals surface area contributed by atoms with Gasteiger partial charge in [-0.1, -0.05) is 12.1 Å². The molecule has 2 heterocycles. The molecular formula is C16H15N3O4. The predicted octanol–water partition coefficient (Wildman–Crippen LogP) is 3.64. The van der Waals surface area contributed by atoms with E-state index in [0.717, 1.165) is 5.56 Å². The molecule has 0 radical (unpaired) electrons. The molecule has 0 N–H and O–H groups in total. The Labute approximate surface area is 132 Å². The van der Waals surface area contributed by atoms with Crippen molar-refractivity contribution < 1.29 is 14.1 Å². The topological polar surface area (TPSA) is 91.3 Å². The van der Waals surface area contributed by atoms with Gasteiger partial charge >= 0.3 is 5.69 Å². The van der Waals surface area contributed by atoms with E-state index in [2.05, 4.69) is 9.97 Å². The van der Waals surface area contributed by atoms with Crippen LogP contribution in [-0.2, 0) is 6.61 Å². The number of nitro groups is 1. The summed E-state index contributed by atoms with van der Waals surface area (Å²) in [5.74, 6) is 0.800. The Morgan fingerprint density at radius 2 is 2.09 bits per heavy atom. The van der Waals surface area contributed by atoms with Crippen LogP contribution in [0.4, 0.5) is 5.69 Å². The lowest BCUT2D eigenvalue weighted by atomic mass is 10.2. The van der Waals surface area contributed by atoms with Gasteiger partial charge in [0.2, 0.25) is 5.75 Å². The van der Waals surface area contributed by atoms with Crippen LogP contribution in [0.1, 0.15) is 22.7 Å². The minimum Gasteiger partial charge on any atom is -0.482 e. The molecule has 0 fully saturated rings. The maximum atomic E-state index is 11.2. The van der Waals surface area contributed by atoms with Crippen LogP contribution >= 0.6 is 0 Å². The number of hydrogen-bond acceptors (Lipinski definition) is 6. The zero-order valence-electron chi connectivity index (χ0n) is 13.0. The van der Waals surface area contributed by atoms with Crippen LogP contribution in [0.2, 0.25) is 0 Å². The molecule has 0 saturated heterocycles. The molecule has 0 atom stereocenters. The number of benzene rings is 1. The van der Waals surface area contributed by atoms with Crippen LogP contribution < -0.4 is 4.74 Å². The van der Waals surface area contributed by atoms with E-state index in [1.54, 1.807) is 20.8 Å². The number of oxazole rings is 1. The summed E-state index contributed by atoms with van der Waals surface area (Å²) in [7, 11) is 0. The number of rotatable bonds is 4. The Kier molecular flexibility index (Phi) is 3.69. The summed E-state index contributed by atoms with van der Waals surface area (Å²) >= 11 is 0. The summed E-state index contributed by atoms with van der Waals surface area (Å²) in [6.45, 7) is 5.47. The smallest absolute Gasteiger partial charge is 0.329 e. The second-order valence-electron chi connectivity index (χ2n) is 5.23. The maximum absolute atomic E-state index is 11.2. The number of hydrogen-bond donors (Lipinski definition) is 0. The molecule has 0 aliphatic rings. The van der Waals surface area contributed by atoms with E-state index in [-0.39, 0.29) is 18.0 Å². The maximum Gasteiger partial charge on any atom is 0.329 e. The Morgan fingerprint density at radius 3 is 2.83 bits per heavy atom. The molecule has 1 aromatic carbocycles. The van der Waals surface area contributed by atoms with E-state index in [1.807, 2.05) is 18.2 Å². The Morgan fingerprint density at radius 1 is 1.30 bits per heavy atom. The van der Waals surface area contributed by atoms with Crippen molar-refractivity contribution in [3.63, 3.8) is 0 Å². The number of nitrogens with zero attached hydrogens (tertiary/aromatic N) is 3. The first-order chi connectivity index (χ1) is 11.0. The van der Waals surface area contributed by atoms with Crippen molar-refractivity contribution in [1.82, 2.24) is 9.97 Å². The SMILES string of the molecule is Cc1nc2c(COc3c([N+](=O)[O-])cnc(C)c3C)cccc2o1. The summed E-state index contributed by atoms with van der Waals surface area (Å²) in [4.78, 5) is 19.0. The predicted molar refractivity (Wildman–Crippen MR) is 83.4 cm³/mol. The fourth-order valence-corrected chi connectivity index (χ4v) is 2.36. The van der Waals surface area contributed by atoms with Crippen LogP contribution in [0, 0.1) is 30.9 Å². The van der Waals surface area contributed by atoms with Crippen LogP contribution in [0.15, 0.2) is 28.8 Å². The highest BCUT2D eigenvalue weighted by molar-refractivity contribution is 5.76. The van der Waals surface area contributed by atoms with E-state index in [4.69, 9.17) is 9.15 Å². The molecule has 7 heteroatoms.